The standard InChI is InChI=1S/C18H22ClN3OS/c19-15-3-5-16(6-4-15)21-18(23)20-12-14-7-9-22(10-8-14)13-17-2-1-11-24-17/h1-6,11,14H,7-10,12-13H2,(H2,20,21,23). The van der Waals surface area contributed by atoms with Crippen molar-refractivity contribution in [1.82, 2.24) is 10.2 Å². The van der Waals surface area contributed by atoms with Gasteiger partial charge in [0.05, 0.1) is 0 Å². The van der Waals surface area contributed by atoms with E-state index in [0.717, 1.165) is 44.7 Å². The Hall–Kier alpha value is -1.56. The predicted molar refractivity (Wildman–Crippen MR) is 101 cm³/mol. The molecule has 6 heteroatoms. The highest BCUT2D eigenvalue weighted by Crippen LogP contribution is 2.20. The Balaban J connectivity index is 1.35. The molecule has 1 aliphatic heterocycles. The van der Waals surface area contributed by atoms with Crippen LogP contribution < -0.4 is 10.6 Å². The van der Waals surface area contributed by atoms with Gasteiger partial charge in [0, 0.05) is 28.7 Å². The van der Waals surface area contributed by atoms with Gasteiger partial charge in [-0.15, -0.1) is 11.3 Å². The first-order valence-electron chi connectivity index (χ1n) is 8.24. The maximum absolute atomic E-state index is 12.0. The zero-order chi connectivity index (χ0) is 16.8. The Morgan fingerprint density at radius 2 is 1.96 bits per heavy atom. The van der Waals surface area contributed by atoms with Crippen LogP contribution in [-0.4, -0.2) is 30.6 Å². The fraction of sp³-hybridized carbons (Fsp3) is 0.389. The number of benzene rings is 1. The number of nitrogens with zero attached hydrogens (tertiary/aromatic N) is 1. The van der Waals surface area contributed by atoms with Crippen molar-refractivity contribution in [1.29, 1.82) is 0 Å². The molecule has 1 aliphatic rings. The SMILES string of the molecule is O=C(NCC1CCN(Cc2cccs2)CC1)Nc1ccc(Cl)cc1. The topological polar surface area (TPSA) is 44.4 Å². The third-order valence-corrected chi connectivity index (χ3v) is 5.43. The lowest BCUT2D eigenvalue weighted by atomic mass is 9.97. The molecule has 2 amide bonds. The Bertz CT molecular complexity index is 637. The summed E-state index contributed by atoms with van der Waals surface area (Å²) in [4.78, 5) is 15.9. The van der Waals surface area contributed by atoms with Crippen LogP contribution >= 0.6 is 22.9 Å². The van der Waals surface area contributed by atoms with Crippen LogP contribution in [0.15, 0.2) is 41.8 Å². The van der Waals surface area contributed by atoms with Crippen molar-refractivity contribution < 1.29 is 4.79 Å². The van der Waals surface area contributed by atoms with Crippen LogP contribution in [0, 0.1) is 5.92 Å². The van der Waals surface area contributed by atoms with Gasteiger partial charge in [0.2, 0.25) is 0 Å². The quantitative estimate of drug-likeness (QED) is 0.825. The van der Waals surface area contributed by atoms with Crippen molar-refractivity contribution in [2.24, 2.45) is 5.92 Å². The summed E-state index contributed by atoms with van der Waals surface area (Å²) in [5.74, 6) is 0.556. The predicted octanol–water partition coefficient (Wildman–Crippen LogP) is 4.44. The van der Waals surface area contributed by atoms with Crippen LogP contribution in [-0.2, 0) is 6.54 Å². The molecule has 1 saturated heterocycles. The summed E-state index contributed by atoms with van der Waals surface area (Å²) in [6.45, 7) is 3.98. The molecule has 0 aliphatic carbocycles. The van der Waals surface area contributed by atoms with Crippen molar-refractivity contribution >= 4 is 34.7 Å². The number of carbonyl (C=O) groups excluding carboxylic acids is 1. The Kier molecular flexibility index (Phi) is 6.12. The van der Waals surface area contributed by atoms with Crippen LogP contribution in [0.3, 0.4) is 0 Å². The van der Waals surface area contributed by atoms with Crippen LogP contribution in [0.1, 0.15) is 17.7 Å². The number of anilines is 1. The van der Waals surface area contributed by atoms with Crippen LogP contribution in [0.4, 0.5) is 10.5 Å². The van der Waals surface area contributed by atoms with Gasteiger partial charge in [-0.1, -0.05) is 17.7 Å². The van der Waals surface area contributed by atoms with Gasteiger partial charge in [-0.2, -0.15) is 0 Å². The number of amides is 2. The number of halogens is 1. The van der Waals surface area contributed by atoms with Crippen LogP contribution in [0.5, 0.6) is 0 Å². The van der Waals surface area contributed by atoms with Crippen molar-refractivity contribution in [2.75, 3.05) is 25.0 Å². The van der Waals surface area contributed by atoms with E-state index in [2.05, 4.69) is 33.0 Å². The van der Waals surface area contributed by atoms with E-state index in [-0.39, 0.29) is 6.03 Å². The lowest BCUT2D eigenvalue weighted by Gasteiger charge is -2.31. The minimum absolute atomic E-state index is 0.154. The molecule has 0 spiro atoms. The van der Waals surface area contributed by atoms with E-state index in [9.17, 15) is 4.79 Å². The first-order chi connectivity index (χ1) is 11.7. The summed E-state index contributed by atoms with van der Waals surface area (Å²) >= 11 is 7.65. The lowest BCUT2D eigenvalue weighted by Crippen LogP contribution is -2.39. The van der Waals surface area contributed by atoms with Gasteiger partial charge in [0.25, 0.3) is 0 Å². The zero-order valence-corrected chi connectivity index (χ0v) is 15.1. The molecule has 4 nitrogen and oxygen atoms in total. The summed E-state index contributed by atoms with van der Waals surface area (Å²) in [6.07, 6.45) is 2.26. The third kappa shape index (κ3) is 5.23. The van der Waals surface area contributed by atoms with E-state index in [1.807, 2.05) is 11.3 Å². The van der Waals surface area contributed by atoms with Crippen molar-refractivity contribution in [2.45, 2.75) is 19.4 Å². The fourth-order valence-corrected chi connectivity index (χ4v) is 3.79. The van der Waals surface area contributed by atoms with Gasteiger partial charge >= 0.3 is 6.03 Å². The monoisotopic (exact) mass is 363 g/mol. The van der Waals surface area contributed by atoms with Crippen molar-refractivity contribution in [3.8, 4) is 0 Å². The summed E-state index contributed by atoms with van der Waals surface area (Å²) in [7, 11) is 0. The van der Waals surface area contributed by atoms with Gasteiger partial charge in [0.1, 0.15) is 0 Å². The first kappa shape index (κ1) is 17.3. The number of hydrogen-bond acceptors (Lipinski definition) is 3. The molecule has 0 saturated carbocycles. The zero-order valence-electron chi connectivity index (χ0n) is 13.5. The maximum atomic E-state index is 12.0. The summed E-state index contributed by atoms with van der Waals surface area (Å²) in [5, 5.41) is 8.60. The van der Waals surface area contributed by atoms with Crippen LogP contribution in [0.25, 0.3) is 0 Å². The second-order valence-electron chi connectivity index (χ2n) is 6.14. The van der Waals surface area contributed by atoms with Crippen LogP contribution in [0.2, 0.25) is 5.02 Å². The smallest absolute Gasteiger partial charge is 0.319 e. The highest BCUT2D eigenvalue weighted by Gasteiger charge is 2.19. The number of urea groups is 1. The Morgan fingerprint density at radius 3 is 2.62 bits per heavy atom. The van der Waals surface area contributed by atoms with Gasteiger partial charge in [-0.25, -0.2) is 4.79 Å². The van der Waals surface area contributed by atoms with E-state index in [4.69, 9.17) is 11.6 Å². The molecular weight excluding hydrogens is 342 g/mol. The van der Waals surface area contributed by atoms with E-state index in [1.54, 1.807) is 24.3 Å². The average Bonchev–Trinajstić information content (AvgIpc) is 3.09. The summed E-state index contributed by atoms with van der Waals surface area (Å²) in [5.41, 5.74) is 0.752. The normalized spacial score (nSPS) is 16.0. The van der Waals surface area contributed by atoms with Gasteiger partial charge < -0.3 is 10.6 Å². The molecule has 1 aromatic heterocycles. The number of rotatable bonds is 5. The maximum Gasteiger partial charge on any atom is 0.319 e. The third-order valence-electron chi connectivity index (χ3n) is 4.32. The second kappa shape index (κ2) is 8.51. The Morgan fingerprint density at radius 1 is 1.21 bits per heavy atom. The van der Waals surface area contributed by atoms with Gasteiger partial charge in [0.15, 0.2) is 0 Å². The van der Waals surface area contributed by atoms with E-state index >= 15 is 0 Å². The number of nitrogens with one attached hydrogen (secondary N) is 2. The molecule has 2 heterocycles. The molecule has 0 bridgehead atoms. The van der Waals surface area contributed by atoms with Crippen molar-refractivity contribution in [3.63, 3.8) is 0 Å². The fourth-order valence-electron chi connectivity index (χ4n) is 2.92. The molecule has 1 aromatic carbocycles. The van der Waals surface area contributed by atoms with Crippen molar-refractivity contribution in [3.05, 3.63) is 51.7 Å². The molecule has 24 heavy (non-hydrogen) atoms. The number of carbonyl (C=O) groups is 1. The van der Waals surface area contributed by atoms with E-state index < -0.39 is 0 Å². The summed E-state index contributed by atoms with van der Waals surface area (Å²) in [6, 6.07) is 11.3. The second-order valence-corrected chi connectivity index (χ2v) is 7.61. The molecule has 128 valence electrons. The number of likely N-dealkylation sites (tertiary alicyclic amines) is 1. The van der Waals surface area contributed by atoms with Gasteiger partial charge in [-0.05, 0) is 67.6 Å². The number of thiophene rings is 1. The molecule has 0 radical (unpaired) electrons. The molecule has 2 N–H and O–H groups in total. The number of piperidine rings is 1. The average molecular weight is 364 g/mol. The first-order valence-corrected chi connectivity index (χ1v) is 9.50. The Labute approximate surface area is 151 Å². The summed E-state index contributed by atoms with van der Waals surface area (Å²) < 4.78 is 0. The highest BCUT2D eigenvalue weighted by atomic mass is 35.5. The lowest BCUT2D eigenvalue weighted by molar-refractivity contribution is 0.177. The molecule has 0 atom stereocenters. The highest BCUT2D eigenvalue weighted by molar-refractivity contribution is 7.09. The number of hydrogen-bond donors (Lipinski definition) is 2. The molecule has 3 rings (SSSR count). The van der Waals surface area contributed by atoms with Gasteiger partial charge in [-0.3, -0.25) is 4.90 Å². The minimum Gasteiger partial charge on any atom is -0.338 e. The molecule has 1 fully saturated rings. The largest absolute Gasteiger partial charge is 0.338 e. The molecular formula is C18H22ClN3OS. The minimum atomic E-state index is -0.154. The molecule has 0 unspecified atom stereocenters. The van der Waals surface area contributed by atoms with E-state index in [0.29, 0.717) is 10.9 Å². The molecule has 2 aromatic rings. The van der Waals surface area contributed by atoms with E-state index in [1.165, 1.54) is 4.88 Å².